The molecule has 0 amide bonds. The Morgan fingerprint density at radius 3 is 2.47 bits per heavy atom. The van der Waals surface area contributed by atoms with E-state index in [1.165, 1.54) is 12.1 Å². The van der Waals surface area contributed by atoms with Crippen molar-refractivity contribution in [3.8, 4) is 11.5 Å². The molecule has 0 aliphatic heterocycles. The maximum atomic E-state index is 13.3. The molecule has 0 N–H and O–H groups in total. The second-order valence-electron chi connectivity index (χ2n) is 3.71. The Labute approximate surface area is 118 Å². The van der Waals surface area contributed by atoms with Gasteiger partial charge in [0.15, 0.2) is 11.6 Å². The molecule has 2 nitrogen and oxygen atoms in total. The second kappa shape index (κ2) is 6.52. The van der Waals surface area contributed by atoms with E-state index < -0.39 is 11.6 Å². The van der Waals surface area contributed by atoms with Crippen molar-refractivity contribution in [2.24, 2.45) is 0 Å². The summed E-state index contributed by atoms with van der Waals surface area (Å²) in [7, 11) is 0. The third-order valence-electron chi connectivity index (χ3n) is 2.32. The molecule has 2 rings (SSSR count). The van der Waals surface area contributed by atoms with E-state index >= 15 is 0 Å². The minimum absolute atomic E-state index is 0.113. The maximum absolute atomic E-state index is 13.3. The Hall–Kier alpha value is -1.62. The predicted octanol–water partition coefficient (Wildman–Crippen LogP) is 4.19. The molecule has 0 saturated heterocycles. The Balaban J connectivity index is 1.82. The van der Waals surface area contributed by atoms with Gasteiger partial charge < -0.3 is 9.47 Å². The van der Waals surface area contributed by atoms with Crippen LogP contribution in [0.5, 0.6) is 11.5 Å². The molecule has 2 aromatic carbocycles. The van der Waals surface area contributed by atoms with Crippen LogP contribution in [0.2, 0.25) is 0 Å². The van der Waals surface area contributed by atoms with Crippen LogP contribution < -0.4 is 9.47 Å². The molecule has 2 aromatic rings. The molecular weight excluding hydrogens is 318 g/mol. The summed E-state index contributed by atoms with van der Waals surface area (Å²) in [6.45, 7) is 0.374. The van der Waals surface area contributed by atoms with Gasteiger partial charge in [0.2, 0.25) is 5.82 Å². The Morgan fingerprint density at radius 2 is 1.68 bits per heavy atom. The highest BCUT2D eigenvalue weighted by Crippen LogP contribution is 2.20. The molecule has 0 aliphatic carbocycles. The minimum Gasteiger partial charge on any atom is -0.490 e. The van der Waals surface area contributed by atoms with Crippen LogP contribution in [0.3, 0.4) is 0 Å². The van der Waals surface area contributed by atoms with Gasteiger partial charge in [0.25, 0.3) is 0 Å². The van der Waals surface area contributed by atoms with Gasteiger partial charge in [-0.1, -0.05) is 28.1 Å². The normalized spacial score (nSPS) is 10.3. The first-order chi connectivity index (χ1) is 9.16. The average Bonchev–Trinajstić information content (AvgIpc) is 2.39. The van der Waals surface area contributed by atoms with E-state index in [1.807, 2.05) is 18.2 Å². The molecule has 0 aliphatic rings. The van der Waals surface area contributed by atoms with Gasteiger partial charge in [0, 0.05) is 4.47 Å². The Kier molecular flexibility index (Phi) is 4.74. The van der Waals surface area contributed by atoms with Gasteiger partial charge in [-0.3, -0.25) is 0 Å². The molecule has 0 saturated carbocycles. The van der Waals surface area contributed by atoms with E-state index in [4.69, 9.17) is 9.47 Å². The van der Waals surface area contributed by atoms with Crippen molar-refractivity contribution in [3.05, 3.63) is 58.6 Å². The number of hydrogen-bond donors (Lipinski definition) is 0. The maximum Gasteiger partial charge on any atom is 0.200 e. The second-order valence-corrected chi connectivity index (χ2v) is 4.62. The third-order valence-corrected chi connectivity index (χ3v) is 2.82. The van der Waals surface area contributed by atoms with Crippen molar-refractivity contribution in [2.45, 2.75) is 0 Å². The summed E-state index contributed by atoms with van der Waals surface area (Å²) in [5.74, 6) is -1.34. The fraction of sp³-hybridized carbons (Fsp3) is 0.143. The largest absolute Gasteiger partial charge is 0.490 e. The van der Waals surface area contributed by atoms with E-state index in [1.54, 1.807) is 6.07 Å². The molecule has 100 valence electrons. The van der Waals surface area contributed by atoms with E-state index in [-0.39, 0.29) is 19.0 Å². The standard InChI is InChI=1S/C14H11BrF2O2/c15-10-3-1-4-11(9-10)18-7-8-19-13-6-2-5-12(16)14(13)17/h1-6,9H,7-8H2. The van der Waals surface area contributed by atoms with Crippen LogP contribution in [0, 0.1) is 11.6 Å². The van der Waals surface area contributed by atoms with Crippen LogP contribution in [0.1, 0.15) is 0 Å². The quantitative estimate of drug-likeness (QED) is 0.766. The lowest BCUT2D eigenvalue weighted by molar-refractivity contribution is 0.209. The zero-order valence-corrected chi connectivity index (χ0v) is 11.5. The van der Waals surface area contributed by atoms with E-state index in [9.17, 15) is 8.78 Å². The summed E-state index contributed by atoms with van der Waals surface area (Å²) >= 11 is 3.32. The van der Waals surface area contributed by atoms with E-state index in [0.717, 1.165) is 10.5 Å². The Morgan fingerprint density at radius 1 is 0.947 bits per heavy atom. The van der Waals surface area contributed by atoms with Crippen molar-refractivity contribution in [3.63, 3.8) is 0 Å². The molecule has 5 heteroatoms. The van der Waals surface area contributed by atoms with Gasteiger partial charge in [0.1, 0.15) is 19.0 Å². The van der Waals surface area contributed by atoms with Gasteiger partial charge >= 0.3 is 0 Å². The number of hydrogen-bond acceptors (Lipinski definition) is 2. The minimum atomic E-state index is -0.982. The van der Waals surface area contributed by atoms with Crippen LogP contribution in [0.25, 0.3) is 0 Å². The summed E-state index contributed by atoms with van der Waals surface area (Å²) in [5, 5.41) is 0. The highest BCUT2D eigenvalue weighted by Gasteiger charge is 2.08. The summed E-state index contributed by atoms with van der Waals surface area (Å²) in [5.41, 5.74) is 0. The van der Waals surface area contributed by atoms with Gasteiger partial charge in [-0.15, -0.1) is 0 Å². The van der Waals surface area contributed by atoms with Crippen LogP contribution in [0.15, 0.2) is 46.9 Å². The molecular formula is C14H11BrF2O2. The number of rotatable bonds is 5. The lowest BCUT2D eigenvalue weighted by atomic mass is 10.3. The molecule has 0 aromatic heterocycles. The van der Waals surface area contributed by atoms with Gasteiger partial charge in [0.05, 0.1) is 0 Å². The fourth-order valence-corrected chi connectivity index (χ4v) is 1.84. The fourth-order valence-electron chi connectivity index (χ4n) is 1.46. The summed E-state index contributed by atoms with van der Waals surface area (Å²) < 4.78 is 37.6. The molecule has 0 radical (unpaired) electrons. The average molecular weight is 329 g/mol. The SMILES string of the molecule is Fc1cccc(OCCOc2cccc(Br)c2)c1F. The molecule has 0 fully saturated rings. The van der Waals surface area contributed by atoms with Crippen molar-refractivity contribution in [1.29, 1.82) is 0 Å². The first kappa shape index (κ1) is 13.8. The summed E-state index contributed by atoms with van der Waals surface area (Å²) in [6, 6.07) is 11.1. The van der Waals surface area contributed by atoms with E-state index in [0.29, 0.717) is 5.75 Å². The predicted molar refractivity (Wildman–Crippen MR) is 71.5 cm³/mol. The van der Waals surface area contributed by atoms with Crippen molar-refractivity contribution >= 4 is 15.9 Å². The molecule has 0 spiro atoms. The first-order valence-corrected chi connectivity index (χ1v) is 6.41. The van der Waals surface area contributed by atoms with Gasteiger partial charge in [-0.25, -0.2) is 4.39 Å². The van der Waals surface area contributed by atoms with Gasteiger partial charge in [-0.05, 0) is 30.3 Å². The highest BCUT2D eigenvalue weighted by molar-refractivity contribution is 9.10. The Bertz CT molecular complexity index is 561. The lowest BCUT2D eigenvalue weighted by Crippen LogP contribution is -2.10. The van der Waals surface area contributed by atoms with E-state index in [2.05, 4.69) is 15.9 Å². The topological polar surface area (TPSA) is 18.5 Å². The van der Waals surface area contributed by atoms with Crippen LogP contribution in [-0.2, 0) is 0 Å². The number of halogens is 3. The highest BCUT2D eigenvalue weighted by atomic mass is 79.9. The van der Waals surface area contributed by atoms with Crippen LogP contribution >= 0.6 is 15.9 Å². The monoisotopic (exact) mass is 328 g/mol. The first-order valence-electron chi connectivity index (χ1n) is 5.62. The van der Waals surface area contributed by atoms with Crippen LogP contribution in [-0.4, -0.2) is 13.2 Å². The molecule has 0 bridgehead atoms. The molecule has 0 unspecified atom stereocenters. The third kappa shape index (κ3) is 3.92. The van der Waals surface area contributed by atoms with Crippen LogP contribution in [0.4, 0.5) is 8.78 Å². The smallest absolute Gasteiger partial charge is 0.200 e. The number of benzene rings is 2. The molecule has 19 heavy (non-hydrogen) atoms. The summed E-state index contributed by atoms with van der Waals surface area (Å²) in [4.78, 5) is 0. The van der Waals surface area contributed by atoms with Crippen molar-refractivity contribution < 1.29 is 18.3 Å². The zero-order valence-electron chi connectivity index (χ0n) is 9.91. The molecule has 0 atom stereocenters. The molecule has 0 heterocycles. The van der Waals surface area contributed by atoms with Crippen molar-refractivity contribution in [2.75, 3.05) is 13.2 Å². The lowest BCUT2D eigenvalue weighted by Gasteiger charge is -2.09. The zero-order chi connectivity index (χ0) is 13.7. The van der Waals surface area contributed by atoms with Gasteiger partial charge in [-0.2, -0.15) is 4.39 Å². The van der Waals surface area contributed by atoms with Crippen molar-refractivity contribution in [1.82, 2.24) is 0 Å². The summed E-state index contributed by atoms with van der Waals surface area (Å²) in [6.07, 6.45) is 0. The number of ether oxygens (including phenoxy) is 2.